The molecule has 1 amide bonds. The van der Waals surface area contributed by atoms with Crippen LogP contribution in [0.1, 0.15) is 16.2 Å². The molecule has 2 heterocycles. The summed E-state index contributed by atoms with van der Waals surface area (Å²) in [6.45, 7) is 2.22. The maximum absolute atomic E-state index is 12.6. The molecule has 0 aliphatic carbocycles. The van der Waals surface area contributed by atoms with E-state index >= 15 is 0 Å². The number of aliphatic carboxylic acids is 1. The quantitative estimate of drug-likeness (QED) is 0.899. The molecule has 1 saturated heterocycles. The Morgan fingerprint density at radius 2 is 2.22 bits per heavy atom. The molecule has 23 heavy (non-hydrogen) atoms. The maximum atomic E-state index is 12.6. The third-order valence-electron chi connectivity index (χ3n) is 3.57. The van der Waals surface area contributed by atoms with Gasteiger partial charge in [0.05, 0.1) is 13.2 Å². The predicted octanol–water partition coefficient (Wildman–Crippen LogP) is 0.971. The van der Waals surface area contributed by atoms with E-state index in [1.165, 1.54) is 4.90 Å². The second-order valence-electron chi connectivity index (χ2n) is 5.15. The minimum atomic E-state index is -1.08. The maximum Gasteiger partial charge on any atom is 0.328 e. The first kappa shape index (κ1) is 15.2. The predicted molar refractivity (Wildman–Crippen MR) is 77.8 cm³/mol. The molecular formula is C15H15N3O5. The normalized spacial score (nSPS) is 18.0. The number of ether oxygens (including phenoxy) is 1. The number of nitrogens with zero attached hydrogens (tertiary/aromatic N) is 3. The fraction of sp³-hybridized carbons (Fsp3) is 0.333. The Kier molecular flexibility index (Phi) is 4.07. The Hall–Kier alpha value is -2.74. The molecule has 0 spiro atoms. The third kappa shape index (κ3) is 3.07. The van der Waals surface area contributed by atoms with Crippen molar-refractivity contribution in [3.63, 3.8) is 0 Å². The fourth-order valence-corrected chi connectivity index (χ4v) is 2.42. The van der Waals surface area contributed by atoms with Crippen LogP contribution >= 0.6 is 0 Å². The molecule has 8 heteroatoms. The van der Waals surface area contributed by atoms with E-state index in [0.29, 0.717) is 29.4 Å². The molecule has 1 fully saturated rings. The van der Waals surface area contributed by atoms with Gasteiger partial charge in [0.15, 0.2) is 6.04 Å². The number of carbonyl (C=O) groups is 2. The van der Waals surface area contributed by atoms with Crippen molar-refractivity contribution < 1.29 is 24.0 Å². The number of carbonyl (C=O) groups excluding carboxylic acids is 1. The number of carboxylic acids is 1. The zero-order valence-corrected chi connectivity index (χ0v) is 12.4. The van der Waals surface area contributed by atoms with Crippen LogP contribution in [0.4, 0.5) is 0 Å². The lowest BCUT2D eigenvalue weighted by Gasteiger charge is -2.32. The highest BCUT2D eigenvalue weighted by Crippen LogP contribution is 2.20. The Bertz CT molecular complexity index is 742. The van der Waals surface area contributed by atoms with Crippen molar-refractivity contribution in [2.45, 2.75) is 13.0 Å². The lowest BCUT2D eigenvalue weighted by atomic mass is 10.1. The monoisotopic (exact) mass is 317 g/mol. The lowest BCUT2D eigenvalue weighted by molar-refractivity contribution is -0.147. The van der Waals surface area contributed by atoms with Crippen LogP contribution in [0.15, 0.2) is 28.8 Å². The van der Waals surface area contributed by atoms with E-state index < -0.39 is 12.0 Å². The number of amides is 1. The Balaban J connectivity index is 1.88. The minimum absolute atomic E-state index is 0.00913. The molecule has 0 saturated carbocycles. The molecule has 1 aromatic heterocycles. The second-order valence-corrected chi connectivity index (χ2v) is 5.15. The molecule has 1 aliphatic rings. The van der Waals surface area contributed by atoms with Crippen LogP contribution < -0.4 is 0 Å². The van der Waals surface area contributed by atoms with Gasteiger partial charge in [0, 0.05) is 24.6 Å². The molecule has 3 rings (SSSR count). The van der Waals surface area contributed by atoms with Gasteiger partial charge in [-0.1, -0.05) is 17.3 Å². The number of rotatable bonds is 3. The van der Waals surface area contributed by atoms with E-state index in [0.717, 1.165) is 0 Å². The van der Waals surface area contributed by atoms with Crippen molar-refractivity contribution in [3.8, 4) is 11.4 Å². The molecule has 1 aliphatic heterocycles. The summed E-state index contributed by atoms with van der Waals surface area (Å²) in [6.07, 6.45) is 0. The minimum Gasteiger partial charge on any atom is -0.480 e. The Labute approximate surface area is 131 Å². The van der Waals surface area contributed by atoms with Gasteiger partial charge in [-0.05, 0) is 12.1 Å². The van der Waals surface area contributed by atoms with E-state index in [1.54, 1.807) is 31.2 Å². The summed E-state index contributed by atoms with van der Waals surface area (Å²) in [4.78, 5) is 29.4. The van der Waals surface area contributed by atoms with Gasteiger partial charge in [0.1, 0.15) is 0 Å². The first-order chi connectivity index (χ1) is 11.1. The summed E-state index contributed by atoms with van der Waals surface area (Å²) in [5.74, 6) is -0.629. The summed E-state index contributed by atoms with van der Waals surface area (Å²) in [5, 5.41) is 13.1. The fourth-order valence-electron chi connectivity index (χ4n) is 2.42. The zero-order chi connectivity index (χ0) is 16.4. The van der Waals surface area contributed by atoms with Crippen LogP contribution in [0, 0.1) is 6.92 Å². The summed E-state index contributed by atoms with van der Waals surface area (Å²) >= 11 is 0. The van der Waals surface area contributed by atoms with Crippen LogP contribution in [0.5, 0.6) is 0 Å². The highest BCUT2D eigenvalue weighted by atomic mass is 16.5. The standard InChI is InChI=1S/C15H15N3O5/c1-9-16-13(17-23-9)10-3-2-4-11(7-10)14(19)18-5-6-22-8-12(18)15(20)21/h2-4,7,12H,5-6,8H2,1H3,(H,20,21)/t12-/m0/s1. The third-order valence-corrected chi connectivity index (χ3v) is 3.57. The zero-order valence-electron chi connectivity index (χ0n) is 12.4. The Morgan fingerprint density at radius 3 is 2.91 bits per heavy atom. The Morgan fingerprint density at radius 1 is 1.39 bits per heavy atom. The molecule has 120 valence electrons. The van der Waals surface area contributed by atoms with Gasteiger partial charge in [0.2, 0.25) is 11.7 Å². The van der Waals surface area contributed by atoms with Crippen molar-refractivity contribution >= 4 is 11.9 Å². The molecule has 0 radical (unpaired) electrons. The second kappa shape index (κ2) is 6.17. The average molecular weight is 317 g/mol. The van der Waals surface area contributed by atoms with Gasteiger partial charge < -0.3 is 19.3 Å². The summed E-state index contributed by atoms with van der Waals surface area (Å²) in [7, 11) is 0. The van der Waals surface area contributed by atoms with E-state index in [1.807, 2.05) is 0 Å². The molecule has 1 N–H and O–H groups in total. The molecule has 2 aromatic rings. The van der Waals surface area contributed by atoms with Gasteiger partial charge in [-0.3, -0.25) is 4.79 Å². The molecule has 8 nitrogen and oxygen atoms in total. The largest absolute Gasteiger partial charge is 0.480 e. The number of carboxylic acid groups (broad SMARTS) is 1. The number of benzene rings is 1. The van der Waals surface area contributed by atoms with Crippen molar-refractivity contribution in [1.29, 1.82) is 0 Å². The van der Waals surface area contributed by atoms with E-state index in [2.05, 4.69) is 10.1 Å². The lowest BCUT2D eigenvalue weighted by Crippen LogP contribution is -2.52. The van der Waals surface area contributed by atoms with Crippen molar-refractivity contribution in [2.75, 3.05) is 19.8 Å². The molecule has 0 unspecified atom stereocenters. The van der Waals surface area contributed by atoms with Gasteiger partial charge >= 0.3 is 5.97 Å². The highest BCUT2D eigenvalue weighted by Gasteiger charge is 2.33. The summed E-state index contributed by atoms with van der Waals surface area (Å²) in [6, 6.07) is 5.74. The highest BCUT2D eigenvalue weighted by molar-refractivity contribution is 5.97. The molecule has 1 atom stereocenters. The van der Waals surface area contributed by atoms with Crippen LogP contribution in [-0.2, 0) is 9.53 Å². The van der Waals surface area contributed by atoms with E-state index in [-0.39, 0.29) is 19.1 Å². The summed E-state index contributed by atoms with van der Waals surface area (Å²) in [5.41, 5.74) is 1.01. The number of aromatic nitrogens is 2. The number of hydrogen-bond donors (Lipinski definition) is 1. The topological polar surface area (TPSA) is 106 Å². The smallest absolute Gasteiger partial charge is 0.328 e. The van der Waals surface area contributed by atoms with E-state index in [4.69, 9.17) is 9.26 Å². The van der Waals surface area contributed by atoms with Crippen LogP contribution in [0.3, 0.4) is 0 Å². The van der Waals surface area contributed by atoms with Crippen LogP contribution in [0.2, 0.25) is 0 Å². The molecule has 1 aromatic carbocycles. The number of morpholine rings is 1. The number of hydrogen-bond acceptors (Lipinski definition) is 6. The van der Waals surface area contributed by atoms with Crippen molar-refractivity contribution in [1.82, 2.24) is 15.0 Å². The number of aryl methyl sites for hydroxylation is 1. The van der Waals surface area contributed by atoms with Crippen LogP contribution in [0.25, 0.3) is 11.4 Å². The van der Waals surface area contributed by atoms with Gasteiger partial charge in [0.25, 0.3) is 5.91 Å². The molecular weight excluding hydrogens is 302 g/mol. The first-order valence-electron chi connectivity index (χ1n) is 7.08. The SMILES string of the molecule is Cc1nc(-c2cccc(C(=O)N3CCOC[C@H]3C(=O)O)c2)no1. The van der Waals surface area contributed by atoms with Crippen molar-refractivity contribution in [3.05, 3.63) is 35.7 Å². The van der Waals surface area contributed by atoms with Gasteiger partial charge in [-0.2, -0.15) is 4.98 Å². The van der Waals surface area contributed by atoms with Gasteiger partial charge in [-0.25, -0.2) is 4.79 Å². The first-order valence-corrected chi connectivity index (χ1v) is 7.08. The molecule has 0 bridgehead atoms. The average Bonchev–Trinajstić information content (AvgIpc) is 3.01. The van der Waals surface area contributed by atoms with Crippen molar-refractivity contribution in [2.24, 2.45) is 0 Å². The van der Waals surface area contributed by atoms with E-state index in [9.17, 15) is 14.7 Å². The van der Waals surface area contributed by atoms with Gasteiger partial charge in [-0.15, -0.1) is 0 Å². The summed E-state index contributed by atoms with van der Waals surface area (Å²) < 4.78 is 10.1. The van der Waals surface area contributed by atoms with Crippen LogP contribution in [-0.4, -0.2) is 57.8 Å².